The molecule has 0 aliphatic carbocycles. The fourth-order valence-corrected chi connectivity index (χ4v) is 5.16. The lowest BCUT2D eigenvalue weighted by atomic mass is 10.0. The number of hydrogen-bond acceptors (Lipinski definition) is 8. The summed E-state index contributed by atoms with van der Waals surface area (Å²) in [5.41, 5.74) is 2.99. The summed E-state index contributed by atoms with van der Waals surface area (Å²) < 4.78 is 10.2. The normalized spacial score (nSPS) is 21.0. The van der Waals surface area contributed by atoms with Crippen LogP contribution in [0.5, 0.6) is 5.75 Å². The van der Waals surface area contributed by atoms with Crippen LogP contribution < -0.4 is 15.1 Å². The molecule has 2 fully saturated rings. The second-order valence-corrected chi connectivity index (χ2v) is 10.3. The van der Waals surface area contributed by atoms with Crippen LogP contribution in [0.25, 0.3) is 0 Å². The van der Waals surface area contributed by atoms with Gasteiger partial charge in [-0.15, -0.1) is 17.2 Å². The van der Waals surface area contributed by atoms with E-state index in [9.17, 15) is 19.2 Å². The van der Waals surface area contributed by atoms with Crippen LogP contribution in [0.15, 0.2) is 47.2 Å². The van der Waals surface area contributed by atoms with Crippen LogP contribution in [0.2, 0.25) is 0 Å². The molecule has 35 heavy (non-hydrogen) atoms. The molecular formula is C24H27N3O7S. The van der Waals surface area contributed by atoms with Gasteiger partial charge in [0.2, 0.25) is 5.91 Å². The van der Waals surface area contributed by atoms with E-state index < -0.39 is 17.7 Å². The van der Waals surface area contributed by atoms with E-state index in [2.05, 4.69) is 0 Å². The van der Waals surface area contributed by atoms with E-state index in [4.69, 9.17) is 14.3 Å². The van der Waals surface area contributed by atoms with Gasteiger partial charge in [-0.05, 0) is 63.1 Å². The molecule has 0 aromatic heterocycles. The molecule has 0 spiro atoms. The number of β-lactam (4-membered cyclic amide) rings is 1. The second kappa shape index (κ2) is 9.65. The quantitative estimate of drug-likeness (QED) is 0.381. The van der Waals surface area contributed by atoms with Gasteiger partial charge in [-0.25, -0.2) is 9.59 Å². The van der Waals surface area contributed by atoms with E-state index in [1.165, 1.54) is 16.7 Å². The van der Waals surface area contributed by atoms with Crippen molar-refractivity contribution in [2.75, 3.05) is 24.3 Å². The highest BCUT2D eigenvalue weighted by molar-refractivity contribution is 8.00. The standard InChI is InChI=1S/C24H27N3O7S/c1-24(2,3)33-23(31)25-34-22(30)20-15(13-35-19-12-18(28)27(19)20)11-14-9-10-26(21(14)29)16-5-7-17(32-4)8-6-16/h5-8,11,19H,9-10,12-13H2,1-4H3,(H,25,31)/b14-11+. The highest BCUT2D eigenvalue weighted by Gasteiger charge is 2.46. The monoisotopic (exact) mass is 501 g/mol. The summed E-state index contributed by atoms with van der Waals surface area (Å²) in [4.78, 5) is 58.2. The molecule has 0 bridgehead atoms. The number of carbonyl (C=O) groups is 4. The number of rotatable bonds is 4. The molecule has 3 heterocycles. The van der Waals surface area contributed by atoms with Crippen LogP contribution in [0, 0.1) is 0 Å². The lowest BCUT2D eigenvalue weighted by molar-refractivity contribution is -0.153. The van der Waals surface area contributed by atoms with E-state index in [0.29, 0.717) is 42.0 Å². The van der Waals surface area contributed by atoms with Crippen LogP contribution in [-0.2, 0) is 24.0 Å². The first kappa shape index (κ1) is 24.6. The summed E-state index contributed by atoms with van der Waals surface area (Å²) in [7, 11) is 1.58. The number of benzene rings is 1. The summed E-state index contributed by atoms with van der Waals surface area (Å²) in [5.74, 6) is -0.176. The highest BCUT2D eigenvalue weighted by atomic mass is 32.2. The first-order valence-corrected chi connectivity index (χ1v) is 12.2. The summed E-state index contributed by atoms with van der Waals surface area (Å²) in [6.07, 6.45) is 1.53. The third-order valence-corrected chi connectivity index (χ3v) is 6.80. The molecule has 1 atom stereocenters. The number of methoxy groups -OCH3 is 1. The fraction of sp³-hybridized carbons (Fsp3) is 0.417. The molecule has 4 rings (SSSR count). The first-order chi connectivity index (χ1) is 16.6. The number of fused-ring (bicyclic) bond motifs is 1. The smallest absolute Gasteiger partial charge is 0.441 e. The number of anilines is 1. The number of thioether (sulfide) groups is 1. The molecule has 1 aromatic rings. The minimum atomic E-state index is -0.927. The van der Waals surface area contributed by atoms with Crippen LogP contribution in [0.1, 0.15) is 33.6 Å². The number of amides is 3. The highest BCUT2D eigenvalue weighted by Crippen LogP contribution is 2.41. The molecule has 186 valence electrons. The zero-order valence-corrected chi connectivity index (χ0v) is 20.8. The molecule has 0 radical (unpaired) electrons. The number of hydrogen-bond donors (Lipinski definition) is 1. The van der Waals surface area contributed by atoms with Gasteiger partial charge in [0.1, 0.15) is 17.0 Å². The average Bonchev–Trinajstić information content (AvgIpc) is 3.16. The topological polar surface area (TPSA) is 114 Å². The van der Waals surface area contributed by atoms with Crippen LogP contribution in [-0.4, -0.2) is 59.2 Å². The first-order valence-electron chi connectivity index (χ1n) is 11.1. The van der Waals surface area contributed by atoms with Crippen molar-refractivity contribution in [3.05, 3.63) is 47.2 Å². The van der Waals surface area contributed by atoms with Gasteiger partial charge >= 0.3 is 12.1 Å². The largest absolute Gasteiger partial charge is 0.497 e. The Morgan fingerprint density at radius 1 is 1.17 bits per heavy atom. The average molecular weight is 502 g/mol. The number of hydroxylamine groups is 1. The SMILES string of the molecule is COc1ccc(N2CC/C(=C\C3=C(C(=O)ONC(=O)OC(C)(C)C)N4C(=O)CC4SC3)C2=O)cc1. The Morgan fingerprint density at radius 2 is 1.89 bits per heavy atom. The number of nitrogens with one attached hydrogen (secondary N) is 1. The molecule has 1 N–H and O–H groups in total. The molecule has 2 saturated heterocycles. The van der Waals surface area contributed by atoms with Crippen LogP contribution in [0.3, 0.4) is 0 Å². The Labute approximate surface area is 207 Å². The third kappa shape index (κ3) is 5.29. The second-order valence-electron chi connectivity index (χ2n) is 9.18. The Hall–Kier alpha value is -3.47. The summed E-state index contributed by atoms with van der Waals surface area (Å²) in [6, 6.07) is 7.19. The van der Waals surface area contributed by atoms with Crippen LogP contribution in [0.4, 0.5) is 10.5 Å². The minimum absolute atomic E-state index is 0.0317. The van der Waals surface area contributed by atoms with Gasteiger partial charge in [-0.2, -0.15) is 0 Å². The summed E-state index contributed by atoms with van der Waals surface area (Å²) >= 11 is 1.51. The van der Waals surface area contributed by atoms with E-state index >= 15 is 0 Å². The molecular weight excluding hydrogens is 474 g/mol. The van der Waals surface area contributed by atoms with Gasteiger partial charge in [0.25, 0.3) is 5.91 Å². The maximum atomic E-state index is 13.1. The number of allylic oxidation sites excluding steroid dienone is 1. The summed E-state index contributed by atoms with van der Waals surface area (Å²) in [5, 5.41) is -0.177. The predicted molar refractivity (Wildman–Crippen MR) is 128 cm³/mol. The van der Waals surface area contributed by atoms with Crippen molar-refractivity contribution in [3.63, 3.8) is 0 Å². The van der Waals surface area contributed by atoms with Gasteiger partial charge < -0.3 is 19.2 Å². The predicted octanol–water partition coefficient (Wildman–Crippen LogP) is 2.90. The van der Waals surface area contributed by atoms with E-state index in [1.54, 1.807) is 51.0 Å². The van der Waals surface area contributed by atoms with Crippen molar-refractivity contribution < 1.29 is 33.5 Å². The molecule has 3 aliphatic rings. The molecule has 10 nitrogen and oxygen atoms in total. The molecule has 3 amide bonds. The van der Waals surface area contributed by atoms with Gasteiger partial charge in [0.15, 0.2) is 0 Å². The Kier molecular flexibility index (Phi) is 6.79. The zero-order valence-electron chi connectivity index (χ0n) is 20.0. The van der Waals surface area contributed by atoms with Crippen molar-refractivity contribution in [1.82, 2.24) is 10.4 Å². The van der Waals surface area contributed by atoms with E-state index in [0.717, 1.165) is 5.69 Å². The minimum Gasteiger partial charge on any atom is -0.497 e. The van der Waals surface area contributed by atoms with Gasteiger partial charge in [0.05, 0.1) is 18.9 Å². The Balaban J connectivity index is 1.55. The van der Waals surface area contributed by atoms with Gasteiger partial charge in [-0.3, -0.25) is 14.5 Å². The van der Waals surface area contributed by atoms with E-state index in [1.807, 2.05) is 17.6 Å². The fourth-order valence-electron chi connectivity index (χ4n) is 3.94. The Bertz CT molecular complexity index is 1120. The van der Waals surface area contributed by atoms with Crippen LogP contribution >= 0.6 is 11.8 Å². The number of nitrogens with zero attached hydrogens (tertiary/aromatic N) is 2. The zero-order chi connectivity index (χ0) is 25.3. The number of carbonyl (C=O) groups excluding carboxylic acids is 4. The van der Waals surface area contributed by atoms with E-state index in [-0.39, 0.29) is 22.9 Å². The van der Waals surface area contributed by atoms with Crippen molar-refractivity contribution in [1.29, 1.82) is 0 Å². The molecule has 1 aromatic carbocycles. The summed E-state index contributed by atoms with van der Waals surface area (Å²) in [6.45, 7) is 5.52. The number of ether oxygens (including phenoxy) is 2. The molecule has 3 aliphatic heterocycles. The van der Waals surface area contributed by atoms with Gasteiger partial charge in [-0.1, -0.05) is 0 Å². The lowest BCUT2D eigenvalue weighted by Crippen LogP contribution is -2.54. The molecule has 11 heteroatoms. The maximum absolute atomic E-state index is 13.1. The van der Waals surface area contributed by atoms with Crippen molar-refractivity contribution in [3.8, 4) is 5.75 Å². The van der Waals surface area contributed by atoms with Crippen molar-refractivity contribution >= 4 is 41.3 Å². The molecule has 0 saturated carbocycles. The maximum Gasteiger partial charge on any atom is 0.441 e. The molecule has 1 unspecified atom stereocenters. The Morgan fingerprint density at radius 3 is 2.51 bits per heavy atom. The third-order valence-electron chi connectivity index (χ3n) is 5.56. The van der Waals surface area contributed by atoms with Crippen molar-refractivity contribution in [2.24, 2.45) is 0 Å². The lowest BCUT2D eigenvalue weighted by Gasteiger charge is -2.43. The van der Waals surface area contributed by atoms with Crippen molar-refractivity contribution in [2.45, 2.75) is 44.6 Å². The van der Waals surface area contributed by atoms with Gasteiger partial charge in [0, 0.05) is 23.6 Å².